The average molecular weight is 614 g/mol. The maximum atomic E-state index is 12.1. The molecule has 9 nitrogen and oxygen atoms in total. The van der Waals surface area contributed by atoms with Crippen LogP contribution in [0.5, 0.6) is 0 Å². The quantitative estimate of drug-likeness (QED) is 0.203. The molecule has 9 heteroatoms. The van der Waals surface area contributed by atoms with Gasteiger partial charge in [0.1, 0.15) is 5.60 Å². The average Bonchev–Trinajstić information content (AvgIpc) is 3.76. The number of carbonyl (C=O) groups excluding carboxylic acids is 1. The summed E-state index contributed by atoms with van der Waals surface area (Å²) in [5.41, 5.74) is 1.51. The molecule has 2 aliphatic rings. The molecule has 1 aliphatic heterocycles. The van der Waals surface area contributed by atoms with Crippen LogP contribution in [0.15, 0.2) is 69.7 Å². The zero-order valence-corrected chi connectivity index (χ0v) is 27.2. The van der Waals surface area contributed by atoms with E-state index in [-0.39, 0.29) is 12.0 Å². The molecule has 0 N–H and O–H groups in total. The summed E-state index contributed by atoms with van der Waals surface area (Å²) in [6.07, 6.45) is 10.4. The summed E-state index contributed by atoms with van der Waals surface area (Å²) in [5.74, 6) is 4.39. The first-order valence-corrected chi connectivity index (χ1v) is 16.5. The Hall–Kier alpha value is -4.01. The Labute approximate surface area is 266 Å². The van der Waals surface area contributed by atoms with Crippen molar-refractivity contribution < 1.29 is 18.6 Å². The van der Waals surface area contributed by atoms with Crippen molar-refractivity contribution in [1.82, 2.24) is 25.2 Å². The smallest absolute Gasteiger partial charge is 0.410 e. The number of aromatic nitrogens is 4. The number of ether oxygens (including phenoxy) is 1. The molecule has 0 bridgehead atoms. The molecule has 0 radical (unpaired) electrons. The highest BCUT2D eigenvalue weighted by Gasteiger charge is 2.30. The summed E-state index contributed by atoms with van der Waals surface area (Å²) < 4.78 is 16.4. The summed E-state index contributed by atoms with van der Waals surface area (Å²) in [7, 11) is 0. The van der Waals surface area contributed by atoms with E-state index in [0.29, 0.717) is 30.7 Å². The van der Waals surface area contributed by atoms with Gasteiger partial charge in [-0.05, 0) is 65.2 Å². The van der Waals surface area contributed by atoms with E-state index in [0.717, 1.165) is 41.6 Å². The Bertz CT molecular complexity index is 1450. The molecule has 0 atom stereocenters. The second kappa shape index (κ2) is 15.3. The second-order valence-corrected chi connectivity index (χ2v) is 13.2. The van der Waals surface area contributed by atoms with Crippen LogP contribution in [0, 0.1) is 5.92 Å². The van der Waals surface area contributed by atoms with Crippen molar-refractivity contribution in [3.05, 3.63) is 72.4 Å². The molecular weight excluding hydrogens is 566 g/mol. The van der Waals surface area contributed by atoms with Crippen LogP contribution < -0.4 is 0 Å². The Kier molecular flexibility index (Phi) is 11.0. The van der Waals surface area contributed by atoms with Gasteiger partial charge in [-0.3, -0.25) is 0 Å². The molecule has 0 spiro atoms. The number of hydrogen-bond acceptors (Lipinski definition) is 8. The monoisotopic (exact) mass is 613 g/mol. The minimum Gasteiger partial charge on any atom is -0.444 e. The van der Waals surface area contributed by atoms with Crippen LogP contribution in [-0.2, 0) is 4.74 Å². The fraction of sp³-hybridized carbons (Fsp3) is 0.528. The van der Waals surface area contributed by atoms with Gasteiger partial charge in [-0.1, -0.05) is 97.2 Å². The fourth-order valence-corrected chi connectivity index (χ4v) is 6.04. The highest BCUT2D eigenvalue weighted by atomic mass is 16.6. The van der Waals surface area contributed by atoms with Crippen LogP contribution >= 0.6 is 0 Å². The highest BCUT2D eigenvalue weighted by Crippen LogP contribution is 2.37. The predicted octanol–water partition coefficient (Wildman–Crippen LogP) is 9.05. The van der Waals surface area contributed by atoms with Gasteiger partial charge >= 0.3 is 6.09 Å². The molecule has 3 heterocycles. The number of hydrogen-bond donors (Lipinski definition) is 0. The van der Waals surface area contributed by atoms with Crippen LogP contribution in [0.4, 0.5) is 4.79 Å². The highest BCUT2D eigenvalue weighted by molar-refractivity contribution is 5.68. The third-order valence-corrected chi connectivity index (χ3v) is 8.61. The van der Waals surface area contributed by atoms with Gasteiger partial charge in [0.2, 0.25) is 23.4 Å². The minimum absolute atomic E-state index is 0.189. The van der Waals surface area contributed by atoms with Gasteiger partial charge in [-0.15, -0.1) is 0 Å². The summed E-state index contributed by atoms with van der Waals surface area (Å²) in [6.45, 7) is 9.18. The van der Waals surface area contributed by atoms with E-state index in [1.807, 2.05) is 81.4 Å². The predicted molar refractivity (Wildman–Crippen MR) is 173 cm³/mol. The van der Waals surface area contributed by atoms with Gasteiger partial charge < -0.3 is 18.7 Å². The summed E-state index contributed by atoms with van der Waals surface area (Å²) >= 11 is 0. The van der Waals surface area contributed by atoms with Crippen molar-refractivity contribution in [2.24, 2.45) is 5.92 Å². The molecule has 1 amide bonds. The van der Waals surface area contributed by atoms with E-state index < -0.39 is 5.60 Å². The Morgan fingerprint density at radius 1 is 0.778 bits per heavy atom. The first kappa shape index (κ1) is 32.4. The van der Waals surface area contributed by atoms with E-state index in [9.17, 15) is 4.79 Å². The minimum atomic E-state index is -0.467. The molecule has 2 aromatic heterocycles. The van der Waals surface area contributed by atoms with E-state index in [2.05, 4.69) is 27.2 Å². The summed E-state index contributed by atoms with van der Waals surface area (Å²) in [6, 6.07) is 19.8. The standard InChI is InChI=1S/C18H23N3O3.C18H24N2O/c1-18(2,3)23-17(22)21-11-9-14(10-12-21)16-19-15(20-24-16)13-7-5-4-6-8-13;1-2-3-7-14-10-12-16(13-11-14)18-19-17(20-21-18)15-8-5-4-6-9-15/h4-8,14H,9-12H2,1-3H3;4-6,8-9,14,16H,2-3,7,10-13H2,1H3. The largest absolute Gasteiger partial charge is 0.444 e. The van der Waals surface area contributed by atoms with Crippen molar-refractivity contribution in [3.8, 4) is 22.8 Å². The van der Waals surface area contributed by atoms with Gasteiger partial charge in [-0.2, -0.15) is 9.97 Å². The lowest BCUT2D eigenvalue weighted by Gasteiger charge is -2.32. The number of amides is 1. The van der Waals surface area contributed by atoms with E-state index in [1.54, 1.807) is 4.90 Å². The van der Waals surface area contributed by atoms with Crippen LogP contribution in [0.25, 0.3) is 22.8 Å². The maximum Gasteiger partial charge on any atom is 0.410 e. The zero-order valence-electron chi connectivity index (χ0n) is 27.2. The lowest BCUT2D eigenvalue weighted by Crippen LogP contribution is -2.41. The zero-order chi connectivity index (χ0) is 31.6. The maximum absolute atomic E-state index is 12.1. The normalized spacial score (nSPS) is 19.1. The molecule has 1 saturated heterocycles. The Balaban J connectivity index is 0.000000179. The first-order valence-electron chi connectivity index (χ1n) is 16.5. The van der Waals surface area contributed by atoms with Crippen LogP contribution in [-0.4, -0.2) is 50.0 Å². The number of carbonyl (C=O) groups is 1. The van der Waals surface area contributed by atoms with Crippen LogP contribution in [0.1, 0.15) is 109 Å². The second-order valence-electron chi connectivity index (χ2n) is 13.2. The summed E-state index contributed by atoms with van der Waals surface area (Å²) in [4.78, 5) is 23.0. The van der Waals surface area contributed by atoms with E-state index >= 15 is 0 Å². The van der Waals surface area contributed by atoms with Crippen molar-refractivity contribution in [2.75, 3.05) is 13.1 Å². The third kappa shape index (κ3) is 9.25. The molecule has 6 rings (SSSR count). The lowest BCUT2D eigenvalue weighted by molar-refractivity contribution is 0.0198. The van der Waals surface area contributed by atoms with Gasteiger partial charge in [0.25, 0.3) is 0 Å². The van der Waals surface area contributed by atoms with Crippen molar-refractivity contribution in [1.29, 1.82) is 0 Å². The molecule has 4 aromatic rings. The number of likely N-dealkylation sites (tertiary alicyclic amines) is 1. The SMILES string of the molecule is CC(C)(C)OC(=O)N1CCC(c2nc(-c3ccccc3)no2)CC1.CCCCC1CCC(c2nc(-c3ccccc3)no2)CC1. The van der Waals surface area contributed by atoms with Crippen molar-refractivity contribution in [2.45, 2.75) is 103 Å². The molecule has 45 heavy (non-hydrogen) atoms. The molecular formula is C36H47N5O4. The Morgan fingerprint density at radius 2 is 1.27 bits per heavy atom. The van der Waals surface area contributed by atoms with Gasteiger partial charge in [0.15, 0.2) is 0 Å². The first-order chi connectivity index (χ1) is 21.8. The van der Waals surface area contributed by atoms with E-state index in [4.69, 9.17) is 13.8 Å². The van der Waals surface area contributed by atoms with E-state index in [1.165, 1.54) is 44.9 Å². The van der Waals surface area contributed by atoms with Gasteiger partial charge in [-0.25, -0.2) is 4.79 Å². The number of rotatable bonds is 7. The number of unbranched alkanes of at least 4 members (excludes halogenated alkanes) is 1. The number of benzene rings is 2. The third-order valence-electron chi connectivity index (χ3n) is 8.61. The molecule has 2 aromatic carbocycles. The van der Waals surface area contributed by atoms with Crippen molar-refractivity contribution in [3.63, 3.8) is 0 Å². The summed E-state index contributed by atoms with van der Waals surface area (Å²) in [5, 5.41) is 8.22. The number of nitrogens with zero attached hydrogens (tertiary/aromatic N) is 5. The molecule has 0 unspecified atom stereocenters. The lowest BCUT2D eigenvalue weighted by atomic mass is 9.80. The topological polar surface area (TPSA) is 107 Å². The molecule has 240 valence electrons. The molecule has 1 aliphatic carbocycles. The molecule has 2 fully saturated rings. The molecule has 1 saturated carbocycles. The van der Waals surface area contributed by atoms with Crippen LogP contribution in [0.3, 0.4) is 0 Å². The number of piperidine rings is 1. The Morgan fingerprint density at radius 3 is 1.73 bits per heavy atom. The van der Waals surface area contributed by atoms with Crippen molar-refractivity contribution >= 4 is 6.09 Å². The van der Waals surface area contributed by atoms with Gasteiger partial charge in [0, 0.05) is 36.1 Å². The van der Waals surface area contributed by atoms with Gasteiger partial charge in [0.05, 0.1) is 0 Å². The fourth-order valence-electron chi connectivity index (χ4n) is 6.04. The van der Waals surface area contributed by atoms with Crippen LogP contribution in [0.2, 0.25) is 0 Å².